The molecule has 3 aromatic rings. The predicted octanol–water partition coefficient (Wildman–Crippen LogP) is 4.13. The molecule has 0 spiro atoms. The summed E-state index contributed by atoms with van der Waals surface area (Å²) in [6, 6.07) is 17.2. The van der Waals surface area contributed by atoms with Gasteiger partial charge in [-0.3, -0.25) is 4.79 Å². The average Bonchev–Trinajstić information content (AvgIpc) is 3.46. The number of hydrogen-bond donors (Lipinski definition) is 0. The Morgan fingerprint density at radius 3 is 2.54 bits per heavy atom. The number of hydrogen-bond acceptors (Lipinski definition) is 5. The number of Topliss-reactive ketones (excluding diaryl/α,β-unsaturated/α-hetero) is 1. The SMILES string of the molecule is COc1ccc(C(=O)CSc2nc(C3CC3)n(-c3ccccc3)n2)cc1. The molecular formula is C20H19N3O2S. The minimum atomic E-state index is 0.0571. The molecule has 4 rings (SSSR count). The van der Waals surface area contributed by atoms with Crippen LogP contribution >= 0.6 is 11.8 Å². The number of nitrogens with zero attached hydrogens (tertiary/aromatic N) is 3. The standard InChI is InChI=1S/C20H19N3O2S/c1-25-17-11-9-14(10-12-17)18(24)13-26-20-21-19(15-7-8-15)23(22-20)16-5-3-2-4-6-16/h2-6,9-12,15H,7-8,13H2,1H3. The molecule has 1 aliphatic carbocycles. The summed E-state index contributed by atoms with van der Waals surface area (Å²) in [4.78, 5) is 17.1. The third kappa shape index (κ3) is 3.65. The Kier molecular flexibility index (Phi) is 4.75. The van der Waals surface area contributed by atoms with Crippen molar-refractivity contribution >= 4 is 17.5 Å². The van der Waals surface area contributed by atoms with Crippen molar-refractivity contribution in [1.29, 1.82) is 0 Å². The van der Waals surface area contributed by atoms with E-state index in [4.69, 9.17) is 4.74 Å². The van der Waals surface area contributed by atoms with E-state index < -0.39 is 0 Å². The Hall–Kier alpha value is -2.60. The van der Waals surface area contributed by atoms with Crippen LogP contribution in [0.15, 0.2) is 59.8 Å². The third-order valence-corrected chi connectivity index (χ3v) is 5.14. The Labute approximate surface area is 156 Å². The van der Waals surface area contributed by atoms with E-state index in [0.29, 0.717) is 22.4 Å². The molecule has 1 aromatic heterocycles. The summed E-state index contributed by atoms with van der Waals surface area (Å²) in [5.74, 6) is 2.59. The number of thioether (sulfide) groups is 1. The van der Waals surface area contributed by atoms with Gasteiger partial charge in [0.05, 0.1) is 18.6 Å². The zero-order chi connectivity index (χ0) is 17.9. The van der Waals surface area contributed by atoms with E-state index in [9.17, 15) is 4.79 Å². The second-order valence-electron chi connectivity index (χ2n) is 6.21. The first-order chi connectivity index (χ1) is 12.7. The molecule has 1 heterocycles. The Bertz CT molecular complexity index is 903. The average molecular weight is 365 g/mol. The van der Waals surface area contributed by atoms with E-state index in [2.05, 4.69) is 10.1 Å². The van der Waals surface area contributed by atoms with Gasteiger partial charge in [-0.05, 0) is 49.2 Å². The highest BCUT2D eigenvalue weighted by Gasteiger charge is 2.30. The summed E-state index contributed by atoms with van der Waals surface area (Å²) in [6.45, 7) is 0. The van der Waals surface area contributed by atoms with Crippen molar-refractivity contribution in [2.24, 2.45) is 0 Å². The fraction of sp³-hybridized carbons (Fsp3) is 0.250. The molecule has 0 atom stereocenters. The Morgan fingerprint density at radius 1 is 1.15 bits per heavy atom. The predicted molar refractivity (Wildman–Crippen MR) is 101 cm³/mol. The van der Waals surface area contributed by atoms with Gasteiger partial charge in [0, 0.05) is 11.5 Å². The maximum Gasteiger partial charge on any atom is 0.209 e. The molecule has 1 saturated carbocycles. The Balaban J connectivity index is 1.49. The Morgan fingerprint density at radius 2 is 1.88 bits per heavy atom. The highest BCUT2D eigenvalue weighted by Crippen LogP contribution is 2.40. The zero-order valence-corrected chi connectivity index (χ0v) is 15.3. The lowest BCUT2D eigenvalue weighted by atomic mass is 10.1. The van der Waals surface area contributed by atoms with Gasteiger partial charge < -0.3 is 4.74 Å². The molecule has 5 nitrogen and oxygen atoms in total. The molecule has 2 aromatic carbocycles. The first-order valence-corrected chi connectivity index (χ1v) is 9.55. The number of ketones is 1. The van der Waals surface area contributed by atoms with Crippen LogP contribution in [0, 0.1) is 0 Å². The van der Waals surface area contributed by atoms with Gasteiger partial charge in [0.25, 0.3) is 0 Å². The van der Waals surface area contributed by atoms with Crippen molar-refractivity contribution in [1.82, 2.24) is 14.8 Å². The second-order valence-corrected chi connectivity index (χ2v) is 7.16. The lowest BCUT2D eigenvalue weighted by molar-refractivity contribution is 0.102. The summed E-state index contributed by atoms with van der Waals surface area (Å²) < 4.78 is 7.04. The summed E-state index contributed by atoms with van der Waals surface area (Å²) in [6.07, 6.45) is 2.31. The molecule has 132 valence electrons. The normalized spacial score (nSPS) is 13.6. The number of benzene rings is 2. The number of rotatable bonds is 7. The van der Waals surface area contributed by atoms with Crippen molar-refractivity contribution in [2.75, 3.05) is 12.9 Å². The highest BCUT2D eigenvalue weighted by molar-refractivity contribution is 7.99. The number of ether oxygens (including phenoxy) is 1. The van der Waals surface area contributed by atoms with Crippen LogP contribution in [0.3, 0.4) is 0 Å². The molecule has 26 heavy (non-hydrogen) atoms. The molecule has 6 heteroatoms. The van der Waals surface area contributed by atoms with Crippen molar-refractivity contribution in [3.8, 4) is 11.4 Å². The van der Waals surface area contributed by atoms with E-state index in [0.717, 1.165) is 30.1 Å². The number of para-hydroxylation sites is 1. The first kappa shape index (κ1) is 16.8. The molecule has 1 fully saturated rings. The van der Waals surface area contributed by atoms with E-state index in [1.165, 1.54) is 11.8 Å². The summed E-state index contributed by atoms with van der Waals surface area (Å²) >= 11 is 1.38. The van der Waals surface area contributed by atoms with Gasteiger partial charge in [-0.15, -0.1) is 5.10 Å². The van der Waals surface area contributed by atoms with Gasteiger partial charge in [-0.25, -0.2) is 9.67 Å². The molecule has 1 aliphatic rings. The maximum atomic E-state index is 12.4. The van der Waals surface area contributed by atoms with Crippen LogP contribution < -0.4 is 4.74 Å². The van der Waals surface area contributed by atoms with Crippen molar-refractivity contribution in [3.63, 3.8) is 0 Å². The van der Waals surface area contributed by atoms with Crippen LogP contribution in [-0.2, 0) is 0 Å². The fourth-order valence-corrected chi connectivity index (χ4v) is 3.45. The lowest BCUT2D eigenvalue weighted by Gasteiger charge is -2.03. The van der Waals surface area contributed by atoms with Crippen LogP contribution in [-0.4, -0.2) is 33.4 Å². The quantitative estimate of drug-likeness (QED) is 0.465. The molecule has 0 saturated heterocycles. The smallest absolute Gasteiger partial charge is 0.209 e. The van der Waals surface area contributed by atoms with Gasteiger partial charge in [-0.1, -0.05) is 30.0 Å². The topological polar surface area (TPSA) is 57.0 Å². The number of aromatic nitrogens is 3. The van der Waals surface area contributed by atoms with E-state index >= 15 is 0 Å². The largest absolute Gasteiger partial charge is 0.497 e. The lowest BCUT2D eigenvalue weighted by Crippen LogP contribution is -2.03. The van der Waals surface area contributed by atoms with Gasteiger partial charge in [0.2, 0.25) is 5.16 Å². The van der Waals surface area contributed by atoms with Crippen LogP contribution in [0.25, 0.3) is 5.69 Å². The number of methoxy groups -OCH3 is 1. The van der Waals surface area contributed by atoms with E-state index in [1.54, 1.807) is 31.4 Å². The molecule has 0 amide bonds. The van der Waals surface area contributed by atoms with Gasteiger partial charge in [0.1, 0.15) is 11.6 Å². The van der Waals surface area contributed by atoms with Gasteiger partial charge in [0.15, 0.2) is 5.78 Å². The minimum absolute atomic E-state index is 0.0571. The van der Waals surface area contributed by atoms with Gasteiger partial charge in [-0.2, -0.15) is 0 Å². The molecule has 0 unspecified atom stereocenters. The second kappa shape index (κ2) is 7.33. The van der Waals surface area contributed by atoms with E-state index in [1.807, 2.05) is 35.0 Å². The molecule has 0 N–H and O–H groups in total. The van der Waals surface area contributed by atoms with E-state index in [-0.39, 0.29) is 5.78 Å². The minimum Gasteiger partial charge on any atom is -0.497 e. The molecule has 0 radical (unpaired) electrons. The van der Waals surface area contributed by atoms with Gasteiger partial charge >= 0.3 is 0 Å². The zero-order valence-electron chi connectivity index (χ0n) is 14.5. The highest BCUT2D eigenvalue weighted by atomic mass is 32.2. The molecule has 0 aliphatic heterocycles. The van der Waals surface area contributed by atoms with Crippen molar-refractivity contribution in [3.05, 3.63) is 66.0 Å². The van der Waals surface area contributed by atoms with Crippen LogP contribution in [0.2, 0.25) is 0 Å². The first-order valence-electron chi connectivity index (χ1n) is 8.57. The summed E-state index contributed by atoms with van der Waals surface area (Å²) in [7, 11) is 1.61. The van der Waals surface area contributed by atoms with Crippen LogP contribution in [0.5, 0.6) is 5.75 Å². The number of carbonyl (C=O) groups excluding carboxylic acids is 1. The van der Waals surface area contributed by atoms with Crippen LogP contribution in [0.4, 0.5) is 0 Å². The maximum absolute atomic E-state index is 12.4. The fourth-order valence-electron chi connectivity index (χ4n) is 2.72. The molecule has 0 bridgehead atoms. The van der Waals surface area contributed by atoms with Crippen molar-refractivity contribution in [2.45, 2.75) is 23.9 Å². The van der Waals surface area contributed by atoms with Crippen LogP contribution in [0.1, 0.15) is 34.9 Å². The number of carbonyl (C=O) groups is 1. The summed E-state index contributed by atoms with van der Waals surface area (Å²) in [5, 5.41) is 5.28. The third-order valence-electron chi connectivity index (χ3n) is 4.30. The summed E-state index contributed by atoms with van der Waals surface area (Å²) in [5.41, 5.74) is 1.68. The van der Waals surface area contributed by atoms with Crippen molar-refractivity contribution < 1.29 is 9.53 Å². The molecular weight excluding hydrogens is 346 g/mol. The monoisotopic (exact) mass is 365 g/mol.